The maximum Gasteiger partial charge on any atom is 0.303 e. The van der Waals surface area contributed by atoms with Crippen molar-refractivity contribution < 1.29 is 14.3 Å². The molecule has 18 heavy (non-hydrogen) atoms. The molecule has 0 spiro atoms. The van der Waals surface area contributed by atoms with Gasteiger partial charge < -0.3 is 5.11 Å². The smallest absolute Gasteiger partial charge is 0.303 e. The molecule has 0 aliphatic rings. The number of hydrogen-bond acceptors (Lipinski definition) is 2. The van der Waals surface area contributed by atoms with Gasteiger partial charge in [0.2, 0.25) is 0 Å². The molecule has 0 radical (unpaired) electrons. The highest BCUT2D eigenvalue weighted by atomic mass is 19.1. The zero-order valence-electron chi connectivity index (χ0n) is 9.90. The highest BCUT2D eigenvalue weighted by Gasteiger charge is 2.10. The summed E-state index contributed by atoms with van der Waals surface area (Å²) >= 11 is 0. The van der Waals surface area contributed by atoms with Gasteiger partial charge in [-0.3, -0.25) is 9.89 Å². The van der Waals surface area contributed by atoms with Crippen molar-refractivity contribution in [3.8, 4) is 11.3 Å². The molecule has 0 saturated heterocycles. The number of H-pyrrole nitrogens is 1. The van der Waals surface area contributed by atoms with Gasteiger partial charge in [0.15, 0.2) is 0 Å². The average Bonchev–Trinajstić information content (AvgIpc) is 2.78. The fourth-order valence-corrected chi connectivity index (χ4v) is 1.79. The first-order valence-electron chi connectivity index (χ1n) is 5.58. The Kier molecular flexibility index (Phi) is 3.41. The lowest BCUT2D eigenvalue weighted by Gasteiger charge is -2.04. The van der Waals surface area contributed by atoms with Crippen molar-refractivity contribution in [2.75, 3.05) is 0 Å². The van der Waals surface area contributed by atoms with Crippen molar-refractivity contribution >= 4 is 5.97 Å². The summed E-state index contributed by atoms with van der Waals surface area (Å²) in [5, 5.41) is 15.4. The number of nitrogens with zero attached hydrogens (tertiary/aromatic N) is 1. The highest BCUT2D eigenvalue weighted by molar-refractivity contribution is 5.69. The van der Waals surface area contributed by atoms with E-state index in [-0.39, 0.29) is 12.2 Å². The standard InChI is InChI=1S/C13H13FN2O2/c1-8-6-9(2-4-11(8)14)13-10(7-15-16-13)3-5-12(17)18/h2,4,6-7H,3,5H2,1H3,(H,15,16)(H,17,18). The van der Waals surface area contributed by atoms with Crippen molar-refractivity contribution in [2.24, 2.45) is 0 Å². The lowest BCUT2D eigenvalue weighted by atomic mass is 10.0. The van der Waals surface area contributed by atoms with Crippen LogP contribution in [0.25, 0.3) is 11.3 Å². The minimum absolute atomic E-state index is 0.0483. The molecule has 0 aliphatic carbocycles. The number of hydrogen-bond donors (Lipinski definition) is 2. The maximum absolute atomic E-state index is 13.2. The van der Waals surface area contributed by atoms with Crippen LogP contribution in [0.15, 0.2) is 24.4 Å². The van der Waals surface area contributed by atoms with E-state index in [0.717, 1.165) is 16.8 Å². The van der Waals surface area contributed by atoms with E-state index in [1.807, 2.05) is 0 Å². The first kappa shape index (κ1) is 12.3. The Morgan fingerprint density at radius 3 is 2.94 bits per heavy atom. The Bertz CT molecular complexity index is 578. The summed E-state index contributed by atoms with van der Waals surface area (Å²) in [5.41, 5.74) is 2.93. The van der Waals surface area contributed by atoms with E-state index in [1.165, 1.54) is 6.07 Å². The topological polar surface area (TPSA) is 66.0 Å². The maximum atomic E-state index is 13.2. The molecule has 2 rings (SSSR count). The number of carboxylic acid groups (broad SMARTS) is 1. The summed E-state index contributed by atoms with van der Waals surface area (Å²) in [6, 6.07) is 4.76. The molecule has 2 N–H and O–H groups in total. The first-order chi connectivity index (χ1) is 8.58. The van der Waals surface area contributed by atoms with Crippen LogP contribution in [-0.4, -0.2) is 21.3 Å². The minimum Gasteiger partial charge on any atom is -0.481 e. The number of halogens is 1. The molecule has 0 aliphatic heterocycles. The predicted molar refractivity (Wildman–Crippen MR) is 64.7 cm³/mol. The Hall–Kier alpha value is -2.17. The fourth-order valence-electron chi connectivity index (χ4n) is 1.79. The van der Waals surface area contributed by atoms with Crippen LogP contribution in [0.3, 0.4) is 0 Å². The van der Waals surface area contributed by atoms with Crippen LogP contribution in [0.1, 0.15) is 17.5 Å². The molecule has 0 unspecified atom stereocenters. The number of aromatic nitrogens is 2. The third-order valence-corrected chi connectivity index (χ3v) is 2.77. The number of carbonyl (C=O) groups is 1. The van der Waals surface area contributed by atoms with Crippen LogP contribution in [0.5, 0.6) is 0 Å². The second kappa shape index (κ2) is 5.00. The number of aryl methyl sites for hydroxylation is 2. The van der Waals surface area contributed by atoms with Gasteiger partial charge in [0.05, 0.1) is 11.9 Å². The zero-order valence-corrected chi connectivity index (χ0v) is 9.90. The number of carboxylic acids is 1. The van der Waals surface area contributed by atoms with Crippen LogP contribution in [0, 0.1) is 12.7 Å². The van der Waals surface area contributed by atoms with Gasteiger partial charge in [-0.05, 0) is 42.7 Å². The minimum atomic E-state index is -0.850. The average molecular weight is 248 g/mol. The van der Waals surface area contributed by atoms with Crippen LogP contribution >= 0.6 is 0 Å². The second-order valence-electron chi connectivity index (χ2n) is 4.13. The van der Waals surface area contributed by atoms with Gasteiger partial charge in [-0.1, -0.05) is 0 Å². The Morgan fingerprint density at radius 2 is 2.28 bits per heavy atom. The number of aliphatic carboxylic acids is 1. The van der Waals surface area contributed by atoms with Gasteiger partial charge in [-0.2, -0.15) is 5.10 Å². The molecule has 0 bridgehead atoms. The number of nitrogens with one attached hydrogen (secondary N) is 1. The summed E-state index contributed by atoms with van der Waals surface area (Å²) in [5.74, 6) is -1.11. The molecular weight excluding hydrogens is 235 g/mol. The summed E-state index contributed by atoms with van der Waals surface area (Å²) < 4.78 is 13.2. The molecule has 4 nitrogen and oxygen atoms in total. The van der Waals surface area contributed by atoms with Crippen molar-refractivity contribution in [3.05, 3.63) is 41.3 Å². The predicted octanol–water partition coefficient (Wildman–Crippen LogP) is 2.54. The zero-order chi connectivity index (χ0) is 13.1. The number of rotatable bonds is 4. The molecule has 0 saturated carbocycles. The van der Waals surface area contributed by atoms with Crippen molar-refractivity contribution in [3.63, 3.8) is 0 Å². The molecule has 2 aromatic rings. The Balaban J connectivity index is 2.30. The van der Waals surface area contributed by atoms with E-state index < -0.39 is 5.97 Å². The van der Waals surface area contributed by atoms with Crippen molar-refractivity contribution in [2.45, 2.75) is 19.8 Å². The molecule has 94 valence electrons. The first-order valence-corrected chi connectivity index (χ1v) is 5.58. The highest BCUT2D eigenvalue weighted by Crippen LogP contribution is 2.24. The number of benzene rings is 1. The van der Waals surface area contributed by atoms with Crippen LogP contribution in [0.4, 0.5) is 4.39 Å². The molecule has 0 amide bonds. The molecule has 0 fully saturated rings. The fraction of sp³-hybridized carbons (Fsp3) is 0.231. The molecule has 1 aromatic heterocycles. The summed E-state index contributed by atoms with van der Waals surface area (Å²) in [6.07, 6.45) is 2.06. The quantitative estimate of drug-likeness (QED) is 0.873. The lowest BCUT2D eigenvalue weighted by molar-refractivity contribution is -0.136. The lowest BCUT2D eigenvalue weighted by Crippen LogP contribution is -1.98. The van der Waals surface area contributed by atoms with E-state index in [1.54, 1.807) is 25.3 Å². The van der Waals surface area contributed by atoms with Gasteiger partial charge in [-0.25, -0.2) is 4.39 Å². The van der Waals surface area contributed by atoms with E-state index in [4.69, 9.17) is 5.11 Å². The second-order valence-corrected chi connectivity index (χ2v) is 4.13. The third kappa shape index (κ3) is 2.56. The van der Waals surface area contributed by atoms with Crippen molar-refractivity contribution in [1.29, 1.82) is 0 Å². The molecule has 5 heteroatoms. The summed E-state index contributed by atoms with van der Waals surface area (Å²) in [6.45, 7) is 1.69. The Labute approximate surface area is 103 Å². The van der Waals surface area contributed by atoms with E-state index in [0.29, 0.717) is 12.0 Å². The summed E-state index contributed by atoms with van der Waals surface area (Å²) in [4.78, 5) is 10.6. The normalized spacial score (nSPS) is 10.6. The summed E-state index contributed by atoms with van der Waals surface area (Å²) in [7, 11) is 0. The van der Waals surface area contributed by atoms with E-state index >= 15 is 0 Å². The van der Waals surface area contributed by atoms with E-state index in [9.17, 15) is 9.18 Å². The van der Waals surface area contributed by atoms with Crippen molar-refractivity contribution in [1.82, 2.24) is 10.2 Å². The van der Waals surface area contributed by atoms with E-state index in [2.05, 4.69) is 10.2 Å². The third-order valence-electron chi connectivity index (χ3n) is 2.77. The van der Waals surface area contributed by atoms with Crippen LogP contribution in [0.2, 0.25) is 0 Å². The van der Waals surface area contributed by atoms with Gasteiger partial charge >= 0.3 is 5.97 Å². The number of aromatic amines is 1. The molecule has 0 atom stereocenters. The van der Waals surface area contributed by atoms with Gasteiger partial charge in [0.25, 0.3) is 0 Å². The van der Waals surface area contributed by atoms with Gasteiger partial charge in [0, 0.05) is 12.0 Å². The van der Waals surface area contributed by atoms with Crippen LogP contribution in [-0.2, 0) is 11.2 Å². The molecule has 1 aromatic carbocycles. The SMILES string of the molecule is Cc1cc(-c2[nH]ncc2CCC(=O)O)ccc1F. The monoisotopic (exact) mass is 248 g/mol. The molecular formula is C13H13FN2O2. The van der Waals surface area contributed by atoms with Crippen LogP contribution < -0.4 is 0 Å². The molecule has 1 heterocycles. The Morgan fingerprint density at radius 1 is 1.50 bits per heavy atom. The van der Waals surface area contributed by atoms with Gasteiger partial charge in [-0.15, -0.1) is 0 Å². The largest absolute Gasteiger partial charge is 0.481 e. The van der Waals surface area contributed by atoms with Gasteiger partial charge in [0.1, 0.15) is 5.82 Å².